The number of sulfonamides is 1. The van der Waals surface area contributed by atoms with Gasteiger partial charge in [-0.25, -0.2) is 8.42 Å². The van der Waals surface area contributed by atoms with E-state index < -0.39 is 10.0 Å². The molecule has 7 heteroatoms. The van der Waals surface area contributed by atoms with Gasteiger partial charge in [0.15, 0.2) is 0 Å². The summed E-state index contributed by atoms with van der Waals surface area (Å²) in [6.45, 7) is 0.977. The summed E-state index contributed by atoms with van der Waals surface area (Å²) in [5, 5.41) is 3.47. The van der Waals surface area contributed by atoms with Crippen molar-refractivity contribution in [2.75, 3.05) is 20.1 Å². The van der Waals surface area contributed by atoms with Crippen LogP contribution in [0.15, 0.2) is 23.1 Å². The van der Waals surface area contributed by atoms with Crippen LogP contribution in [-0.2, 0) is 10.0 Å². The fraction of sp³-hybridized carbons (Fsp3) is 0.500. The van der Waals surface area contributed by atoms with Crippen LogP contribution in [0.3, 0.4) is 0 Å². The maximum Gasteiger partial charge on any atom is 0.244 e. The van der Waals surface area contributed by atoms with Crippen LogP contribution in [0.2, 0.25) is 10.0 Å². The Kier molecular flexibility index (Phi) is 4.74. The van der Waals surface area contributed by atoms with Crippen LogP contribution in [0.5, 0.6) is 0 Å². The molecule has 1 N–H and O–H groups in total. The summed E-state index contributed by atoms with van der Waals surface area (Å²) in [4.78, 5) is 0.0819. The molecule has 0 spiro atoms. The Hall–Kier alpha value is -0.330. The molecule has 1 heterocycles. The van der Waals surface area contributed by atoms with Crippen molar-refractivity contribution < 1.29 is 8.42 Å². The Balaban J connectivity index is 2.34. The Morgan fingerprint density at radius 1 is 1.37 bits per heavy atom. The predicted octanol–water partition coefficient (Wildman–Crippen LogP) is 2.37. The summed E-state index contributed by atoms with van der Waals surface area (Å²) in [5.41, 5.74) is 0. The van der Waals surface area contributed by atoms with Gasteiger partial charge in [-0.2, -0.15) is 4.31 Å². The SMILES string of the molecule is CNC1CCCN(S(=O)(=O)c2cccc(Cl)c2Cl)C1. The van der Waals surface area contributed by atoms with E-state index in [4.69, 9.17) is 23.2 Å². The standard InChI is InChI=1S/C12H16Cl2N2O2S/c1-15-9-4-3-7-16(8-9)19(17,18)11-6-2-5-10(13)12(11)14/h2,5-6,9,15H,3-4,7-8H2,1H3. The van der Waals surface area contributed by atoms with Crippen molar-refractivity contribution in [3.05, 3.63) is 28.2 Å². The van der Waals surface area contributed by atoms with Gasteiger partial charge in [-0.05, 0) is 32.0 Å². The predicted molar refractivity (Wildman–Crippen MR) is 77.3 cm³/mol. The lowest BCUT2D eigenvalue weighted by Gasteiger charge is -2.31. The third-order valence-corrected chi connectivity index (χ3v) is 6.16. The molecule has 4 nitrogen and oxygen atoms in total. The molecular weight excluding hydrogens is 307 g/mol. The molecule has 0 bridgehead atoms. The summed E-state index contributed by atoms with van der Waals surface area (Å²) in [5.74, 6) is 0. The average molecular weight is 323 g/mol. The van der Waals surface area contributed by atoms with Crippen molar-refractivity contribution in [2.45, 2.75) is 23.8 Å². The molecule has 106 valence electrons. The summed E-state index contributed by atoms with van der Waals surface area (Å²) in [6, 6.07) is 4.85. The first kappa shape index (κ1) is 15.1. The van der Waals surface area contributed by atoms with E-state index in [0.29, 0.717) is 13.1 Å². The zero-order valence-corrected chi connectivity index (χ0v) is 12.9. The minimum Gasteiger partial charge on any atom is -0.316 e. The molecule has 1 unspecified atom stereocenters. The molecule has 1 aromatic carbocycles. The summed E-state index contributed by atoms with van der Waals surface area (Å²) >= 11 is 11.9. The molecule has 1 aromatic rings. The minimum atomic E-state index is -3.58. The van der Waals surface area contributed by atoms with Gasteiger partial charge in [-0.3, -0.25) is 0 Å². The molecule has 1 saturated heterocycles. The Morgan fingerprint density at radius 3 is 2.79 bits per heavy atom. The second-order valence-corrected chi connectivity index (χ2v) is 7.23. The first-order valence-corrected chi connectivity index (χ1v) is 8.28. The van der Waals surface area contributed by atoms with Crippen LogP contribution in [0.1, 0.15) is 12.8 Å². The molecule has 0 saturated carbocycles. The Morgan fingerprint density at radius 2 is 2.11 bits per heavy atom. The smallest absolute Gasteiger partial charge is 0.244 e. The number of rotatable bonds is 3. The minimum absolute atomic E-state index is 0.0819. The third-order valence-electron chi connectivity index (χ3n) is 3.33. The highest BCUT2D eigenvalue weighted by atomic mass is 35.5. The van der Waals surface area contributed by atoms with Crippen molar-refractivity contribution in [1.29, 1.82) is 0 Å². The molecule has 2 rings (SSSR count). The molecule has 1 atom stereocenters. The molecule has 0 aromatic heterocycles. The summed E-state index contributed by atoms with van der Waals surface area (Å²) in [7, 11) is -1.74. The molecule has 1 aliphatic rings. The lowest BCUT2D eigenvalue weighted by atomic mass is 10.1. The van der Waals surface area contributed by atoms with Gasteiger partial charge in [0.1, 0.15) is 4.90 Å². The maximum absolute atomic E-state index is 12.6. The van der Waals surface area contributed by atoms with Crippen LogP contribution >= 0.6 is 23.2 Å². The van der Waals surface area contributed by atoms with E-state index in [1.165, 1.54) is 10.4 Å². The fourth-order valence-electron chi connectivity index (χ4n) is 2.22. The highest BCUT2D eigenvalue weighted by Gasteiger charge is 2.31. The number of hydrogen-bond donors (Lipinski definition) is 1. The molecular formula is C12H16Cl2N2O2S. The Labute approximate surface area is 123 Å². The summed E-state index contributed by atoms with van der Waals surface area (Å²) in [6.07, 6.45) is 1.81. The van der Waals surface area contributed by atoms with Crippen LogP contribution < -0.4 is 5.32 Å². The topological polar surface area (TPSA) is 49.4 Å². The number of benzene rings is 1. The monoisotopic (exact) mass is 322 g/mol. The zero-order valence-electron chi connectivity index (χ0n) is 10.6. The van der Waals surface area contributed by atoms with Crippen molar-refractivity contribution in [2.24, 2.45) is 0 Å². The van der Waals surface area contributed by atoms with Crippen molar-refractivity contribution in [3.63, 3.8) is 0 Å². The van der Waals surface area contributed by atoms with Crippen LogP contribution in [0.25, 0.3) is 0 Å². The van der Waals surface area contributed by atoms with Gasteiger partial charge < -0.3 is 5.32 Å². The van der Waals surface area contributed by atoms with Gasteiger partial charge in [0, 0.05) is 19.1 Å². The van der Waals surface area contributed by atoms with E-state index in [1.807, 2.05) is 7.05 Å². The lowest BCUT2D eigenvalue weighted by molar-refractivity contribution is 0.293. The zero-order chi connectivity index (χ0) is 14.0. The molecule has 19 heavy (non-hydrogen) atoms. The van der Waals surface area contributed by atoms with Gasteiger partial charge in [0.05, 0.1) is 10.0 Å². The van der Waals surface area contributed by atoms with Crippen LogP contribution in [0, 0.1) is 0 Å². The summed E-state index contributed by atoms with van der Waals surface area (Å²) < 4.78 is 26.6. The van der Waals surface area contributed by atoms with Gasteiger partial charge in [-0.1, -0.05) is 29.3 Å². The number of likely N-dealkylation sites (N-methyl/N-ethyl adjacent to an activating group) is 1. The van der Waals surface area contributed by atoms with E-state index in [2.05, 4.69) is 5.32 Å². The van der Waals surface area contributed by atoms with E-state index in [9.17, 15) is 8.42 Å². The molecule has 1 fully saturated rings. The molecule has 0 aliphatic carbocycles. The number of halogens is 2. The fourth-order valence-corrected chi connectivity index (χ4v) is 4.48. The number of nitrogens with zero attached hydrogens (tertiary/aromatic N) is 1. The highest BCUT2D eigenvalue weighted by molar-refractivity contribution is 7.89. The lowest BCUT2D eigenvalue weighted by Crippen LogP contribution is -2.46. The van der Waals surface area contributed by atoms with Crippen LogP contribution in [-0.4, -0.2) is 38.9 Å². The molecule has 1 aliphatic heterocycles. The van der Waals surface area contributed by atoms with Crippen molar-refractivity contribution in [3.8, 4) is 0 Å². The largest absolute Gasteiger partial charge is 0.316 e. The van der Waals surface area contributed by atoms with Crippen LogP contribution in [0.4, 0.5) is 0 Å². The molecule has 0 amide bonds. The first-order valence-electron chi connectivity index (χ1n) is 6.08. The van der Waals surface area contributed by atoms with Gasteiger partial charge in [0.2, 0.25) is 10.0 Å². The second kappa shape index (κ2) is 5.97. The van der Waals surface area contributed by atoms with Crippen molar-refractivity contribution in [1.82, 2.24) is 9.62 Å². The number of hydrogen-bond acceptors (Lipinski definition) is 3. The van der Waals surface area contributed by atoms with E-state index in [0.717, 1.165) is 12.8 Å². The maximum atomic E-state index is 12.6. The third kappa shape index (κ3) is 3.06. The quantitative estimate of drug-likeness (QED) is 0.929. The first-order chi connectivity index (χ1) is 8.96. The van der Waals surface area contributed by atoms with E-state index in [-0.39, 0.29) is 21.0 Å². The molecule has 0 radical (unpaired) electrons. The number of nitrogens with one attached hydrogen (secondary N) is 1. The highest BCUT2D eigenvalue weighted by Crippen LogP contribution is 2.31. The number of piperidine rings is 1. The van der Waals surface area contributed by atoms with Gasteiger partial charge >= 0.3 is 0 Å². The normalized spacial score (nSPS) is 21.5. The second-order valence-electron chi connectivity index (χ2n) is 4.54. The van der Waals surface area contributed by atoms with E-state index >= 15 is 0 Å². The van der Waals surface area contributed by atoms with Crippen molar-refractivity contribution >= 4 is 33.2 Å². The Bertz CT molecular complexity index is 563. The van der Waals surface area contributed by atoms with Gasteiger partial charge in [0.25, 0.3) is 0 Å². The average Bonchev–Trinajstić information content (AvgIpc) is 2.41. The van der Waals surface area contributed by atoms with E-state index in [1.54, 1.807) is 12.1 Å². The van der Waals surface area contributed by atoms with Gasteiger partial charge in [-0.15, -0.1) is 0 Å².